The lowest BCUT2D eigenvalue weighted by molar-refractivity contribution is -0.145. The zero-order valence-electron chi connectivity index (χ0n) is 11.4. The summed E-state index contributed by atoms with van der Waals surface area (Å²) in [5, 5.41) is 5.78. The van der Waals surface area contributed by atoms with E-state index < -0.39 is 30.1 Å². The van der Waals surface area contributed by atoms with Gasteiger partial charge < -0.3 is 15.4 Å². The van der Waals surface area contributed by atoms with E-state index in [9.17, 15) is 14.0 Å². The highest BCUT2D eigenvalue weighted by Gasteiger charge is 2.32. The number of rotatable bonds is 4. The van der Waals surface area contributed by atoms with E-state index in [1.807, 2.05) is 0 Å². The van der Waals surface area contributed by atoms with Crippen LogP contribution in [0.15, 0.2) is 24.3 Å². The molecule has 2 rings (SSSR count). The second kappa shape index (κ2) is 6.87. The van der Waals surface area contributed by atoms with Gasteiger partial charge in [0.1, 0.15) is 6.17 Å². The molecule has 1 unspecified atom stereocenters. The molecule has 1 aliphatic heterocycles. The molecule has 1 aromatic rings. The van der Waals surface area contributed by atoms with Crippen molar-refractivity contribution in [3.8, 4) is 0 Å². The number of hydrogen-bond donors (Lipinski definition) is 2. The molecule has 0 spiro atoms. The van der Waals surface area contributed by atoms with Gasteiger partial charge in [-0.25, -0.2) is 9.18 Å². The van der Waals surface area contributed by atoms with Crippen molar-refractivity contribution in [1.82, 2.24) is 10.6 Å². The molecule has 114 valence electrons. The standard InChI is InChI=1S/C14H16ClFN2O3/c1-21-14(20)12(8-3-2-4-9(15)5-8)18-13(19)11-6-10(16)7-17-11/h2-5,10-12,17H,6-7H2,1H3,(H,18,19)/t10-,11+,12?/m1/s1. The predicted molar refractivity (Wildman–Crippen MR) is 75.7 cm³/mol. The van der Waals surface area contributed by atoms with Crippen LogP contribution in [-0.4, -0.2) is 37.7 Å². The lowest BCUT2D eigenvalue weighted by Crippen LogP contribution is -2.44. The summed E-state index contributed by atoms with van der Waals surface area (Å²) in [5.41, 5.74) is 0.512. The minimum Gasteiger partial charge on any atom is -0.467 e. The van der Waals surface area contributed by atoms with Crippen LogP contribution in [-0.2, 0) is 14.3 Å². The van der Waals surface area contributed by atoms with Crippen LogP contribution in [0, 0.1) is 0 Å². The zero-order chi connectivity index (χ0) is 15.4. The summed E-state index contributed by atoms with van der Waals surface area (Å²) < 4.78 is 17.8. The van der Waals surface area contributed by atoms with E-state index >= 15 is 0 Å². The Morgan fingerprint density at radius 3 is 2.86 bits per heavy atom. The first-order valence-electron chi connectivity index (χ1n) is 6.52. The predicted octanol–water partition coefficient (Wildman–Crippen LogP) is 1.37. The van der Waals surface area contributed by atoms with Crippen LogP contribution in [0.5, 0.6) is 0 Å². The first-order chi connectivity index (χ1) is 10.0. The fourth-order valence-electron chi connectivity index (χ4n) is 2.22. The summed E-state index contributed by atoms with van der Waals surface area (Å²) >= 11 is 5.89. The van der Waals surface area contributed by atoms with Crippen molar-refractivity contribution in [2.75, 3.05) is 13.7 Å². The molecule has 3 atom stereocenters. The molecular formula is C14H16ClFN2O3. The maximum atomic E-state index is 13.1. The highest BCUT2D eigenvalue weighted by atomic mass is 35.5. The lowest BCUT2D eigenvalue weighted by atomic mass is 10.1. The van der Waals surface area contributed by atoms with Crippen molar-refractivity contribution in [1.29, 1.82) is 0 Å². The highest BCUT2D eigenvalue weighted by molar-refractivity contribution is 6.30. The summed E-state index contributed by atoms with van der Waals surface area (Å²) in [4.78, 5) is 24.0. The normalized spacial score (nSPS) is 22.6. The maximum absolute atomic E-state index is 13.1. The Labute approximate surface area is 126 Å². The molecule has 1 aliphatic rings. The smallest absolute Gasteiger partial charge is 0.333 e. The molecule has 1 heterocycles. The Kier molecular flexibility index (Phi) is 5.14. The van der Waals surface area contributed by atoms with Crippen LogP contribution in [0.4, 0.5) is 4.39 Å². The van der Waals surface area contributed by atoms with E-state index in [0.717, 1.165) is 0 Å². The lowest BCUT2D eigenvalue weighted by Gasteiger charge is -2.19. The van der Waals surface area contributed by atoms with Gasteiger partial charge >= 0.3 is 5.97 Å². The number of alkyl halides is 1. The van der Waals surface area contributed by atoms with Crippen molar-refractivity contribution in [3.05, 3.63) is 34.9 Å². The molecule has 7 heteroatoms. The summed E-state index contributed by atoms with van der Waals surface area (Å²) in [5.74, 6) is -1.05. The van der Waals surface area contributed by atoms with Crippen LogP contribution >= 0.6 is 11.6 Å². The van der Waals surface area contributed by atoms with Crippen molar-refractivity contribution < 1.29 is 18.7 Å². The van der Waals surface area contributed by atoms with Crippen molar-refractivity contribution in [2.24, 2.45) is 0 Å². The molecule has 21 heavy (non-hydrogen) atoms. The Bertz CT molecular complexity index is 541. The number of methoxy groups -OCH3 is 1. The molecule has 0 aromatic heterocycles. The number of amides is 1. The number of benzene rings is 1. The van der Waals surface area contributed by atoms with E-state index in [4.69, 9.17) is 16.3 Å². The molecule has 0 saturated carbocycles. The molecule has 0 aliphatic carbocycles. The Morgan fingerprint density at radius 2 is 2.29 bits per heavy atom. The van der Waals surface area contributed by atoms with E-state index in [-0.39, 0.29) is 13.0 Å². The van der Waals surface area contributed by atoms with Crippen molar-refractivity contribution in [2.45, 2.75) is 24.7 Å². The second-order valence-corrected chi connectivity index (χ2v) is 5.25. The molecule has 1 fully saturated rings. The summed E-state index contributed by atoms with van der Waals surface area (Å²) in [6.45, 7) is 0.137. The van der Waals surface area contributed by atoms with E-state index in [0.29, 0.717) is 10.6 Å². The van der Waals surface area contributed by atoms with Crippen LogP contribution < -0.4 is 10.6 Å². The number of esters is 1. The van der Waals surface area contributed by atoms with Gasteiger partial charge in [0.05, 0.1) is 13.2 Å². The van der Waals surface area contributed by atoms with E-state index in [2.05, 4.69) is 10.6 Å². The average Bonchev–Trinajstić information content (AvgIpc) is 2.90. The van der Waals surface area contributed by atoms with Crippen LogP contribution in [0.3, 0.4) is 0 Å². The third kappa shape index (κ3) is 3.92. The molecule has 0 bridgehead atoms. The number of carbonyl (C=O) groups is 2. The number of nitrogens with one attached hydrogen (secondary N) is 2. The molecule has 2 N–H and O–H groups in total. The second-order valence-electron chi connectivity index (χ2n) is 4.81. The fraction of sp³-hybridized carbons (Fsp3) is 0.429. The Balaban J connectivity index is 2.13. The maximum Gasteiger partial charge on any atom is 0.333 e. The molecule has 0 radical (unpaired) electrons. The molecule has 1 saturated heterocycles. The summed E-state index contributed by atoms with van der Waals surface area (Å²) in [7, 11) is 1.23. The third-order valence-electron chi connectivity index (χ3n) is 3.30. The monoisotopic (exact) mass is 314 g/mol. The number of ether oxygens (including phenoxy) is 1. The number of carbonyl (C=O) groups excluding carboxylic acids is 2. The SMILES string of the molecule is COC(=O)C(NC(=O)[C@@H]1C[C@@H](F)CN1)c1cccc(Cl)c1. The third-order valence-corrected chi connectivity index (χ3v) is 3.53. The summed E-state index contributed by atoms with van der Waals surface area (Å²) in [6, 6.07) is 4.95. The van der Waals surface area contributed by atoms with Gasteiger partial charge in [-0.05, 0) is 17.7 Å². The average molecular weight is 315 g/mol. The van der Waals surface area contributed by atoms with Gasteiger partial charge in [-0.1, -0.05) is 23.7 Å². The van der Waals surface area contributed by atoms with Gasteiger partial charge in [0.25, 0.3) is 0 Å². The topological polar surface area (TPSA) is 67.4 Å². The quantitative estimate of drug-likeness (QED) is 0.824. The Hall–Kier alpha value is -1.66. The molecular weight excluding hydrogens is 299 g/mol. The first kappa shape index (κ1) is 15.7. The fourth-order valence-corrected chi connectivity index (χ4v) is 2.42. The number of halogens is 2. The van der Waals surface area contributed by atoms with Gasteiger partial charge in [0.15, 0.2) is 6.04 Å². The minimum absolute atomic E-state index is 0.0925. The number of hydrogen-bond acceptors (Lipinski definition) is 4. The van der Waals surface area contributed by atoms with Gasteiger partial charge in [-0.2, -0.15) is 0 Å². The van der Waals surface area contributed by atoms with Crippen molar-refractivity contribution >= 4 is 23.5 Å². The van der Waals surface area contributed by atoms with Crippen LogP contribution in [0.25, 0.3) is 0 Å². The van der Waals surface area contributed by atoms with Gasteiger partial charge in [-0.3, -0.25) is 4.79 Å². The molecule has 1 amide bonds. The van der Waals surface area contributed by atoms with Crippen molar-refractivity contribution in [3.63, 3.8) is 0 Å². The minimum atomic E-state index is -1.05. The van der Waals surface area contributed by atoms with Crippen LogP contribution in [0.2, 0.25) is 5.02 Å². The van der Waals surface area contributed by atoms with Gasteiger partial charge in [-0.15, -0.1) is 0 Å². The molecule has 5 nitrogen and oxygen atoms in total. The summed E-state index contributed by atoms with van der Waals surface area (Å²) in [6.07, 6.45) is -0.960. The molecule has 1 aromatic carbocycles. The zero-order valence-corrected chi connectivity index (χ0v) is 12.2. The van der Waals surface area contributed by atoms with Crippen LogP contribution in [0.1, 0.15) is 18.0 Å². The highest BCUT2D eigenvalue weighted by Crippen LogP contribution is 2.20. The van der Waals surface area contributed by atoms with Gasteiger partial charge in [0.2, 0.25) is 5.91 Å². The van der Waals surface area contributed by atoms with E-state index in [1.165, 1.54) is 7.11 Å². The first-order valence-corrected chi connectivity index (χ1v) is 6.90. The van der Waals surface area contributed by atoms with Gasteiger partial charge in [0, 0.05) is 18.0 Å². The largest absolute Gasteiger partial charge is 0.467 e. The Morgan fingerprint density at radius 1 is 1.52 bits per heavy atom. The van der Waals surface area contributed by atoms with E-state index in [1.54, 1.807) is 24.3 Å².